The van der Waals surface area contributed by atoms with Gasteiger partial charge in [0, 0.05) is 24.1 Å². The van der Waals surface area contributed by atoms with E-state index in [2.05, 4.69) is 4.99 Å². The molecule has 3 aromatic rings. The summed E-state index contributed by atoms with van der Waals surface area (Å²) < 4.78 is 6.80. The molecule has 24 heavy (non-hydrogen) atoms. The number of aromatic nitrogens is 1. The van der Waals surface area contributed by atoms with Crippen LogP contribution in [0.1, 0.15) is 22.2 Å². The second kappa shape index (κ2) is 5.58. The van der Waals surface area contributed by atoms with Crippen LogP contribution in [0.3, 0.4) is 0 Å². The summed E-state index contributed by atoms with van der Waals surface area (Å²) in [6.45, 7) is 1.50. The Balaban J connectivity index is 1.83. The molecule has 5 nitrogen and oxygen atoms in total. The number of carbonyl (C=O) groups is 2. The van der Waals surface area contributed by atoms with E-state index in [9.17, 15) is 9.59 Å². The topological polar surface area (TPSA) is 60.7 Å². The van der Waals surface area contributed by atoms with E-state index in [0.29, 0.717) is 5.90 Å². The van der Waals surface area contributed by atoms with Crippen molar-refractivity contribution >= 4 is 46.1 Å². The standard InChI is InChI=1S/C18H12N2O3S/c1-11(21)20-10-12(13-5-2-3-6-15(13)20)9-14-18(22)23-17(19-14)16-7-4-8-24-16/h2-10H,1H3/b14-9+. The number of rotatable bonds is 2. The van der Waals surface area contributed by atoms with Crippen LogP contribution in [0.15, 0.2) is 58.7 Å². The van der Waals surface area contributed by atoms with Crippen LogP contribution in [-0.2, 0) is 9.53 Å². The second-order valence-electron chi connectivity index (χ2n) is 5.30. The molecule has 1 aromatic carbocycles. The number of ether oxygens (including phenoxy) is 1. The number of hydrogen-bond acceptors (Lipinski definition) is 5. The smallest absolute Gasteiger partial charge is 0.363 e. The molecule has 3 heterocycles. The van der Waals surface area contributed by atoms with Crippen LogP contribution in [0.5, 0.6) is 0 Å². The van der Waals surface area contributed by atoms with Crippen LogP contribution in [0.25, 0.3) is 17.0 Å². The van der Waals surface area contributed by atoms with Gasteiger partial charge < -0.3 is 4.74 Å². The molecule has 2 aromatic heterocycles. The van der Waals surface area contributed by atoms with E-state index in [4.69, 9.17) is 4.74 Å². The molecule has 0 saturated heterocycles. The summed E-state index contributed by atoms with van der Waals surface area (Å²) >= 11 is 1.46. The Hall–Kier alpha value is -2.99. The first-order valence-corrected chi connectivity index (χ1v) is 8.19. The molecule has 4 rings (SSSR count). The molecular weight excluding hydrogens is 324 g/mol. The average molecular weight is 336 g/mol. The summed E-state index contributed by atoms with van der Waals surface area (Å²) in [4.78, 5) is 29.0. The Morgan fingerprint density at radius 1 is 1.25 bits per heavy atom. The van der Waals surface area contributed by atoms with E-state index >= 15 is 0 Å². The first kappa shape index (κ1) is 14.6. The molecule has 0 unspecified atom stereocenters. The maximum absolute atomic E-state index is 12.1. The lowest BCUT2D eigenvalue weighted by Gasteiger charge is -1.96. The van der Waals surface area contributed by atoms with Crippen molar-refractivity contribution in [3.05, 3.63) is 64.1 Å². The van der Waals surface area contributed by atoms with Gasteiger partial charge in [0.05, 0.1) is 10.4 Å². The quantitative estimate of drug-likeness (QED) is 0.529. The number of para-hydroxylation sites is 1. The highest BCUT2D eigenvalue weighted by Gasteiger charge is 2.25. The third-order valence-corrected chi connectivity index (χ3v) is 4.58. The van der Waals surface area contributed by atoms with Crippen molar-refractivity contribution in [2.75, 3.05) is 0 Å². The number of hydrogen-bond donors (Lipinski definition) is 0. The van der Waals surface area contributed by atoms with E-state index in [1.54, 1.807) is 16.8 Å². The highest BCUT2D eigenvalue weighted by Crippen LogP contribution is 2.26. The average Bonchev–Trinajstić information content (AvgIpc) is 3.28. The van der Waals surface area contributed by atoms with Gasteiger partial charge in [-0.05, 0) is 23.6 Å². The number of aliphatic imine (C=N–C) groups is 1. The van der Waals surface area contributed by atoms with Crippen molar-refractivity contribution in [3.8, 4) is 0 Å². The lowest BCUT2D eigenvalue weighted by atomic mass is 10.1. The Kier molecular flexibility index (Phi) is 3.39. The summed E-state index contributed by atoms with van der Waals surface area (Å²) in [6.07, 6.45) is 3.37. The largest absolute Gasteiger partial charge is 0.401 e. The molecule has 118 valence electrons. The van der Waals surface area contributed by atoms with Crippen LogP contribution < -0.4 is 0 Å². The van der Waals surface area contributed by atoms with E-state index in [1.807, 2.05) is 41.8 Å². The Labute approximate surface area is 141 Å². The van der Waals surface area contributed by atoms with E-state index < -0.39 is 5.97 Å². The SMILES string of the molecule is CC(=O)n1cc(/C=C2/N=C(c3cccs3)OC2=O)c2ccccc21. The molecule has 0 amide bonds. The minimum atomic E-state index is -0.488. The number of cyclic esters (lactones) is 1. The van der Waals surface area contributed by atoms with Gasteiger partial charge in [0.2, 0.25) is 11.8 Å². The summed E-state index contributed by atoms with van der Waals surface area (Å²) in [5.74, 6) is -0.262. The maximum Gasteiger partial charge on any atom is 0.363 e. The van der Waals surface area contributed by atoms with Crippen molar-refractivity contribution in [2.45, 2.75) is 6.92 Å². The fourth-order valence-corrected chi connectivity index (χ4v) is 3.29. The number of fused-ring (bicyclic) bond motifs is 1. The summed E-state index contributed by atoms with van der Waals surface area (Å²) in [5, 5.41) is 2.78. The Morgan fingerprint density at radius 3 is 2.83 bits per heavy atom. The third kappa shape index (κ3) is 2.37. The summed E-state index contributed by atoms with van der Waals surface area (Å²) in [6, 6.07) is 11.3. The van der Waals surface area contributed by atoms with Crippen molar-refractivity contribution in [1.29, 1.82) is 0 Å². The van der Waals surface area contributed by atoms with Gasteiger partial charge >= 0.3 is 5.97 Å². The number of nitrogens with zero attached hydrogens (tertiary/aromatic N) is 2. The molecule has 1 aliphatic heterocycles. The lowest BCUT2D eigenvalue weighted by Crippen LogP contribution is -2.03. The van der Waals surface area contributed by atoms with Crippen molar-refractivity contribution < 1.29 is 14.3 Å². The third-order valence-electron chi connectivity index (χ3n) is 3.73. The maximum atomic E-state index is 12.1. The highest BCUT2D eigenvalue weighted by molar-refractivity contribution is 7.12. The molecule has 0 spiro atoms. The minimum Gasteiger partial charge on any atom is -0.401 e. The molecule has 0 radical (unpaired) electrons. The first-order chi connectivity index (χ1) is 11.6. The molecule has 0 fully saturated rings. The zero-order valence-corrected chi connectivity index (χ0v) is 13.5. The van der Waals surface area contributed by atoms with Crippen molar-refractivity contribution in [2.24, 2.45) is 4.99 Å². The number of esters is 1. The number of carbonyl (C=O) groups excluding carboxylic acids is 2. The number of benzene rings is 1. The van der Waals surface area contributed by atoms with E-state index in [1.165, 1.54) is 18.3 Å². The predicted molar refractivity (Wildman–Crippen MR) is 93.2 cm³/mol. The summed E-state index contributed by atoms with van der Waals surface area (Å²) in [5.41, 5.74) is 1.78. The molecular formula is C18H12N2O3S. The number of thiophene rings is 1. The molecule has 0 aliphatic carbocycles. The highest BCUT2D eigenvalue weighted by atomic mass is 32.1. The molecule has 6 heteroatoms. The summed E-state index contributed by atoms with van der Waals surface area (Å²) in [7, 11) is 0. The monoisotopic (exact) mass is 336 g/mol. The van der Waals surface area contributed by atoms with Crippen LogP contribution >= 0.6 is 11.3 Å². The normalized spacial score (nSPS) is 15.8. The Morgan fingerprint density at radius 2 is 2.08 bits per heavy atom. The van der Waals surface area contributed by atoms with Gasteiger partial charge in [-0.3, -0.25) is 9.36 Å². The fourth-order valence-electron chi connectivity index (χ4n) is 2.64. The van der Waals surface area contributed by atoms with Crippen LogP contribution in [0.4, 0.5) is 0 Å². The fraction of sp³-hybridized carbons (Fsp3) is 0.0556. The van der Waals surface area contributed by atoms with Gasteiger partial charge in [0.25, 0.3) is 0 Å². The van der Waals surface area contributed by atoms with Gasteiger partial charge in [0.15, 0.2) is 5.70 Å². The van der Waals surface area contributed by atoms with E-state index in [-0.39, 0.29) is 11.6 Å². The van der Waals surface area contributed by atoms with Gasteiger partial charge in [0.1, 0.15) is 0 Å². The molecule has 0 N–H and O–H groups in total. The molecule has 0 bridgehead atoms. The second-order valence-corrected chi connectivity index (χ2v) is 6.25. The van der Waals surface area contributed by atoms with Gasteiger partial charge in [-0.15, -0.1) is 11.3 Å². The first-order valence-electron chi connectivity index (χ1n) is 7.31. The van der Waals surface area contributed by atoms with Gasteiger partial charge in [-0.1, -0.05) is 24.3 Å². The predicted octanol–water partition coefficient (Wildman–Crippen LogP) is 3.71. The molecule has 0 atom stereocenters. The van der Waals surface area contributed by atoms with Crippen LogP contribution in [0, 0.1) is 0 Å². The van der Waals surface area contributed by atoms with Gasteiger partial charge in [-0.2, -0.15) is 0 Å². The zero-order valence-electron chi connectivity index (χ0n) is 12.7. The van der Waals surface area contributed by atoms with Crippen molar-refractivity contribution in [3.63, 3.8) is 0 Å². The van der Waals surface area contributed by atoms with Crippen LogP contribution in [0.2, 0.25) is 0 Å². The minimum absolute atomic E-state index is 0.0902. The molecule has 0 saturated carbocycles. The van der Waals surface area contributed by atoms with Gasteiger partial charge in [-0.25, -0.2) is 9.79 Å². The molecule has 1 aliphatic rings. The lowest BCUT2D eigenvalue weighted by molar-refractivity contribution is -0.129. The zero-order chi connectivity index (χ0) is 16.7. The van der Waals surface area contributed by atoms with Crippen molar-refractivity contribution in [1.82, 2.24) is 4.57 Å². The van der Waals surface area contributed by atoms with Crippen LogP contribution in [-0.4, -0.2) is 22.3 Å². The van der Waals surface area contributed by atoms with E-state index in [0.717, 1.165) is 21.3 Å². The Bertz CT molecular complexity index is 1030.